The van der Waals surface area contributed by atoms with Crippen LogP contribution in [0.25, 0.3) is 0 Å². The third-order valence-electron chi connectivity index (χ3n) is 7.01. The highest BCUT2D eigenvalue weighted by Gasteiger charge is 2.47. The van der Waals surface area contributed by atoms with Gasteiger partial charge in [0.05, 0.1) is 38.2 Å². The number of ether oxygens (including phenoxy) is 3. The number of nitrogens with two attached hydrogens (primary N) is 1. The van der Waals surface area contributed by atoms with Gasteiger partial charge < -0.3 is 35.9 Å². The van der Waals surface area contributed by atoms with Crippen LogP contribution >= 0.6 is 11.6 Å². The second-order valence-electron chi connectivity index (χ2n) is 9.50. The number of rotatable bonds is 9. The van der Waals surface area contributed by atoms with E-state index in [1.165, 1.54) is 6.20 Å². The molecule has 2 bridgehead atoms. The van der Waals surface area contributed by atoms with E-state index < -0.39 is 12.2 Å². The smallest absolute Gasteiger partial charge is 0.404 e. The number of methoxy groups -OCH3 is 2. The Bertz CT molecular complexity index is 1260. The molecular weight excluding hydrogens is 514 g/mol. The Balaban J connectivity index is 1.37. The van der Waals surface area contributed by atoms with Crippen molar-refractivity contribution in [3.8, 4) is 5.75 Å². The maximum atomic E-state index is 12.5. The molecule has 2 aliphatic carbocycles. The van der Waals surface area contributed by atoms with Crippen LogP contribution in [0.3, 0.4) is 0 Å². The number of primary amides is 1. The van der Waals surface area contributed by atoms with Crippen LogP contribution in [-0.4, -0.2) is 72.9 Å². The minimum absolute atomic E-state index is 0.0904. The summed E-state index contributed by atoms with van der Waals surface area (Å²) in [5, 5.41) is 9.78. The summed E-state index contributed by atoms with van der Waals surface area (Å²) in [4.78, 5) is 34.9. The molecule has 4 atom stereocenters. The molecule has 1 saturated carbocycles. The van der Waals surface area contributed by atoms with Crippen LogP contribution in [0.1, 0.15) is 12.0 Å². The Morgan fingerprint density at radius 3 is 2.84 bits per heavy atom. The van der Waals surface area contributed by atoms with Crippen LogP contribution in [-0.2, 0) is 20.8 Å². The third kappa shape index (κ3) is 5.47. The van der Waals surface area contributed by atoms with Gasteiger partial charge in [0, 0.05) is 37.7 Å². The first kappa shape index (κ1) is 26.0. The zero-order chi connectivity index (χ0) is 26.8. The highest BCUT2D eigenvalue weighted by molar-refractivity contribution is 6.32. The fourth-order valence-electron chi connectivity index (χ4n) is 5.27. The average Bonchev–Trinajstić information content (AvgIpc) is 3.43. The molecule has 0 spiro atoms. The molecule has 0 saturated heterocycles. The summed E-state index contributed by atoms with van der Waals surface area (Å²) in [6.07, 6.45) is 5.25. The van der Waals surface area contributed by atoms with Crippen molar-refractivity contribution in [2.75, 3.05) is 49.9 Å². The SMILES string of the molecule is COCCN1CC(=O)Nc2cc(Nc3ncc(Cl)c(N[C@H]4[C@@H](OC(N)=O)[C@@H]5C=C[C@H]4C5)n3)c(OC)cc2C1. The van der Waals surface area contributed by atoms with Gasteiger partial charge in [-0.05, 0) is 24.1 Å². The molecule has 202 valence electrons. The lowest BCUT2D eigenvalue weighted by atomic mass is 9.98. The fraction of sp³-hybridized carbons (Fsp3) is 0.440. The molecule has 0 radical (unpaired) electrons. The van der Waals surface area contributed by atoms with E-state index in [9.17, 15) is 9.59 Å². The van der Waals surface area contributed by atoms with Gasteiger partial charge in [-0.2, -0.15) is 4.98 Å². The molecule has 2 heterocycles. The van der Waals surface area contributed by atoms with E-state index in [1.807, 2.05) is 17.0 Å². The molecule has 5 rings (SSSR count). The van der Waals surface area contributed by atoms with E-state index in [0.29, 0.717) is 47.7 Å². The number of carbonyl (C=O) groups excluding carboxylic acids is 2. The standard InChI is InChI=1S/C25H30ClN7O5/c1-36-6-5-33-11-15-8-19(37-2)18(9-17(15)29-20(34)12-33)30-25-28-10-16(26)23(32-25)31-21-13-3-4-14(7-13)22(21)38-24(27)35/h3-4,8-10,13-14,21-22H,5-7,11-12H2,1-2H3,(H2,27,35)(H,29,34)(H2,28,30,31,32)/t13-,14+,21+,22-/m0/s1. The molecule has 1 aromatic carbocycles. The summed E-state index contributed by atoms with van der Waals surface area (Å²) in [6, 6.07) is 3.45. The molecular formula is C25H30ClN7O5. The summed E-state index contributed by atoms with van der Waals surface area (Å²) in [5.41, 5.74) is 7.46. The monoisotopic (exact) mass is 543 g/mol. The van der Waals surface area contributed by atoms with Crippen molar-refractivity contribution in [1.82, 2.24) is 14.9 Å². The number of halogens is 1. The number of hydrogen-bond acceptors (Lipinski definition) is 10. The third-order valence-corrected chi connectivity index (χ3v) is 7.28. The van der Waals surface area contributed by atoms with Gasteiger partial charge in [0.1, 0.15) is 16.9 Å². The first-order chi connectivity index (χ1) is 18.3. The molecule has 0 unspecified atom stereocenters. The van der Waals surface area contributed by atoms with Gasteiger partial charge in [-0.3, -0.25) is 9.69 Å². The van der Waals surface area contributed by atoms with Crippen LogP contribution in [0.4, 0.5) is 27.9 Å². The van der Waals surface area contributed by atoms with E-state index in [-0.39, 0.29) is 36.3 Å². The lowest BCUT2D eigenvalue weighted by Gasteiger charge is -2.28. The number of benzene rings is 1. The van der Waals surface area contributed by atoms with Gasteiger partial charge in [0.25, 0.3) is 0 Å². The van der Waals surface area contributed by atoms with Gasteiger partial charge in [-0.25, -0.2) is 9.78 Å². The Labute approximate surface area is 224 Å². The summed E-state index contributed by atoms with van der Waals surface area (Å²) < 4.78 is 16.2. The number of aromatic nitrogens is 2. The highest BCUT2D eigenvalue weighted by atomic mass is 35.5. The van der Waals surface area contributed by atoms with Crippen molar-refractivity contribution in [2.45, 2.75) is 25.1 Å². The van der Waals surface area contributed by atoms with Crippen LogP contribution in [0.2, 0.25) is 5.02 Å². The second-order valence-corrected chi connectivity index (χ2v) is 9.90. The first-order valence-corrected chi connectivity index (χ1v) is 12.6. The Morgan fingerprint density at radius 1 is 1.26 bits per heavy atom. The molecule has 1 aromatic heterocycles. The molecule has 12 nitrogen and oxygen atoms in total. The van der Waals surface area contributed by atoms with E-state index in [1.54, 1.807) is 20.3 Å². The Hall–Kier alpha value is -3.61. The van der Waals surface area contributed by atoms with E-state index in [4.69, 9.17) is 31.5 Å². The Morgan fingerprint density at radius 2 is 2.08 bits per heavy atom. The topological polar surface area (TPSA) is 153 Å². The van der Waals surface area contributed by atoms with Gasteiger partial charge in [0.2, 0.25) is 11.9 Å². The van der Waals surface area contributed by atoms with Crippen molar-refractivity contribution >= 4 is 46.7 Å². The zero-order valence-corrected chi connectivity index (χ0v) is 21.8. The normalized spacial score (nSPS) is 23.9. The maximum absolute atomic E-state index is 12.5. The summed E-state index contributed by atoms with van der Waals surface area (Å²) in [7, 11) is 3.21. The minimum Gasteiger partial charge on any atom is -0.495 e. The minimum atomic E-state index is -0.817. The highest BCUT2D eigenvalue weighted by Crippen LogP contribution is 2.43. The number of hydrogen-bond donors (Lipinski definition) is 4. The molecule has 1 aliphatic heterocycles. The molecule has 2 aromatic rings. The zero-order valence-electron chi connectivity index (χ0n) is 21.1. The van der Waals surface area contributed by atoms with E-state index in [0.717, 1.165) is 12.0 Å². The van der Waals surface area contributed by atoms with Crippen LogP contribution in [0.15, 0.2) is 30.5 Å². The summed E-state index contributed by atoms with van der Waals surface area (Å²) in [5.74, 6) is 1.36. The molecule has 2 amide bonds. The first-order valence-electron chi connectivity index (χ1n) is 12.3. The molecule has 38 heavy (non-hydrogen) atoms. The summed E-state index contributed by atoms with van der Waals surface area (Å²) >= 11 is 6.42. The van der Waals surface area contributed by atoms with Crippen LogP contribution in [0.5, 0.6) is 5.75 Å². The fourth-order valence-corrected chi connectivity index (χ4v) is 5.42. The summed E-state index contributed by atoms with van der Waals surface area (Å²) in [6.45, 7) is 1.98. The second kappa shape index (κ2) is 11.0. The molecule has 13 heteroatoms. The maximum Gasteiger partial charge on any atom is 0.404 e. The van der Waals surface area contributed by atoms with Gasteiger partial charge in [-0.15, -0.1) is 0 Å². The number of nitrogens with zero attached hydrogens (tertiary/aromatic N) is 3. The average molecular weight is 544 g/mol. The van der Waals surface area contributed by atoms with Crippen molar-refractivity contribution in [2.24, 2.45) is 17.6 Å². The van der Waals surface area contributed by atoms with Crippen molar-refractivity contribution in [3.63, 3.8) is 0 Å². The van der Waals surface area contributed by atoms with E-state index >= 15 is 0 Å². The molecule has 5 N–H and O–H groups in total. The van der Waals surface area contributed by atoms with Gasteiger partial charge in [-0.1, -0.05) is 23.8 Å². The number of anilines is 4. The lowest BCUT2D eigenvalue weighted by Crippen LogP contribution is -2.41. The van der Waals surface area contributed by atoms with Crippen molar-refractivity contribution in [1.29, 1.82) is 0 Å². The van der Waals surface area contributed by atoms with Gasteiger partial charge in [0.15, 0.2) is 5.82 Å². The van der Waals surface area contributed by atoms with Crippen LogP contribution in [0, 0.1) is 11.8 Å². The number of amides is 2. The number of carbonyl (C=O) groups is 2. The van der Waals surface area contributed by atoms with Gasteiger partial charge >= 0.3 is 6.09 Å². The lowest BCUT2D eigenvalue weighted by molar-refractivity contribution is -0.117. The molecule has 3 aliphatic rings. The predicted molar refractivity (Wildman–Crippen MR) is 142 cm³/mol. The quantitative estimate of drug-likeness (QED) is 0.347. The Kier molecular flexibility index (Phi) is 7.54. The van der Waals surface area contributed by atoms with Crippen LogP contribution < -0.4 is 26.4 Å². The van der Waals surface area contributed by atoms with Crippen molar-refractivity contribution in [3.05, 3.63) is 41.1 Å². The number of nitrogens with one attached hydrogen (secondary N) is 3. The number of fused-ring (bicyclic) bond motifs is 3. The largest absolute Gasteiger partial charge is 0.495 e. The van der Waals surface area contributed by atoms with Crippen molar-refractivity contribution < 1.29 is 23.8 Å². The predicted octanol–water partition coefficient (Wildman–Crippen LogP) is 2.73. The molecule has 1 fully saturated rings. The van der Waals surface area contributed by atoms with E-state index in [2.05, 4.69) is 32.0 Å².